The maximum Gasteiger partial charge on any atom is 0.255 e. The normalized spacial score (nSPS) is 10.4. The summed E-state index contributed by atoms with van der Waals surface area (Å²) in [7, 11) is 1.57. The van der Waals surface area contributed by atoms with Crippen LogP contribution in [0.5, 0.6) is 11.5 Å². The van der Waals surface area contributed by atoms with Gasteiger partial charge in [-0.3, -0.25) is 4.79 Å². The van der Waals surface area contributed by atoms with E-state index in [9.17, 15) is 4.79 Å². The molecule has 0 unspecified atom stereocenters. The Morgan fingerprint density at radius 2 is 1.82 bits per heavy atom. The first-order valence-electron chi connectivity index (χ1n) is 8.29. The molecule has 7 heteroatoms. The number of hydrogen-bond acceptors (Lipinski definition) is 3. The fourth-order valence-electron chi connectivity index (χ4n) is 2.53. The monoisotopic (exact) mass is 527 g/mol. The van der Waals surface area contributed by atoms with Gasteiger partial charge in [-0.2, -0.15) is 0 Å². The highest BCUT2D eigenvalue weighted by atomic mass is 127. The summed E-state index contributed by atoms with van der Waals surface area (Å²) in [6.07, 6.45) is 0. The van der Waals surface area contributed by atoms with Crippen LogP contribution in [0.1, 0.15) is 15.9 Å². The highest BCUT2D eigenvalue weighted by Crippen LogP contribution is 2.35. The zero-order valence-corrected chi connectivity index (χ0v) is 18.5. The SMILES string of the molecule is COc1c(I)cc(C(=O)Nc2cccc(Cl)c2Cl)cc1OCc1ccccc1. The van der Waals surface area contributed by atoms with Gasteiger partial charge in [-0.15, -0.1) is 0 Å². The first kappa shape index (κ1) is 20.8. The quantitative estimate of drug-likeness (QED) is 0.375. The van der Waals surface area contributed by atoms with E-state index in [0.717, 1.165) is 9.13 Å². The summed E-state index contributed by atoms with van der Waals surface area (Å²) < 4.78 is 12.1. The number of rotatable bonds is 6. The highest BCUT2D eigenvalue weighted by molar-refractivity contribution is 14.1. The third kappa shape index (κ3) is 4.90. The van der Waals surface area contributed by atoms with Gasteiger partial charge in [0.15, 0.2) is 11.5 Å². The lowest BCUT2D eigenvalue weighted by Gasteiger charge is -2.15. The third-order valence-corrected chi connectivity index (χ3v) is 5.53. The number of carbonyl (C=O) groups is 1. The standard InChI is InChI=1S/C21H16Cl2INO3/c1-27-20-16(24)10-14(11-18(20)28-12-13-6-3-2-4-7-13)21(26)25-17-9-5-8-15(22)19(17)23/h2-11H,12H2,1H3,(H,25,26). The Morgan fingerprint density at radius 3 is 2.54 bits per heavy atom. The molecule has 0 aliphatic carbocycles. The highest BCUT2D eigenvalue weighted by Gasteiger charge is 2.17. The van der Waals surface area contributed by atoms with Crippen LogP contribution in [0.2, 0.25) is 10.0 Å². The van der Waals surface area contributed by atoms with Gasteiger partial charge in [0, 0.05) is 5.56 Å². The Balaban J connectivity index is 1.85. The van der Waals surface area contributed by atoms with Crippen molar-refractivity contribution in [2.45, 2.75) is 6.61 Å². The predicted molar refractivity (Wildman–Crippen MR) is 121 cm³/mol. The Bertz CT molecular complexity index is 996. The lowest BCUT2D eigenvalue weighted by molar-refractivity contribution is 0.102. The summed E-state index contributed by atoms with van der Waals surface area (Å²) in [5.74, 6) is 0.740. The summed E-state index contributed by atoms with van der Waals surface area (Å²) in [6, 6.07) is 18.2. The lowest BCUT2D eigenvalue weighted by atomic mass is 10.1. The molecule has 1 amide bonds. The molecule has 0 aromatic heterocycles. The average Bonchev–Trinajstić information content (AvgIpc) is 2.70. The van der Waals surface area contributed by atoms with Crippen molar-refractivity contribution in [2.24, 2.45) is 0 Å². The van der Waals surface area contributed by atoms with E-state index in [1.807, 2.05) is 30.3 Å². The summed E-state index contributed by atoms with van der Waals surface area (Å²) in [5, 5.41) is 3.44. The number of carbonyl (C=O) groups excluding carboxylic acids is 1. The van der Waals surface area contributed by atoms with Crippen molar-refractivity contribution in [3.63, 3.8) is 0 Å². The maximum absolute atomic E-state index is 12.7. The van der Waals surface area contributed by atoms with Gasteiger partial charge in [0.25, 0.3) is 5.91 Å². The van der Waals surface area contributed by atoms with E-state index in [-0.39, 0.29) is 5.91 Å². The van der Waals surface area contributed by atoms with Crippen molar-refractivity contribution in [3.8, 4) is 11.5 Å². The first-order valence-corrected chi connectivity index (χ1v) is 10.1. The Morgan fingerprint density at radius 1 is 1.07 bits per heavy atom. The zero-order chi connectivity index (χ0) is 20.1. The molecule has 4 nitrogen and oxygen atoms in total. The summed E-state index contributed by atoms with van der Waals surface area (Å²) in [4.78, 5) is 12.7. The number of benzene rings is 3. The van der Waals surface area contributed by atoms with Gasteiger partial charge in [-0.05, 0) is 52.4 Å². The van der Waals surface area contributed by atoms with Crippen LogP contribution in [0.15, 0.2) is 60.7 Å². The van der Waals surface area contributed by atoms with Crippen molar-refractivity contribution in [2.75, 3.05) is 12.4 Å². The minimum absolute atomic E-state index is 0.293. The molecule has 0 bridgehead atoms. The molecule has 1 N–H and O–H groups in total. The lowest BCUT2D eigenvalue weighted by Crippen LogP contribution is -2.13. The van der Waals surface area contributed by atoms with E-state index in [0.29, 0.717) is 39.4 Å². The van der Waals surface area contributed by atoms with Crippen LogP contribution in [0.4, 0.5) is 5.69 Å². The smallest absolute Gasteiger partial charge is 0.255 e. The van der Waals surface area contributed by atoms with Crippen molar-refractivity contribution in [3.05, 3.63) is 85.4 Å². The van der Waals surface area contributed by atoms with Gasteiger partial charge in [-0.1, -0.05) is 59.6 Å². The molecule has 3 aromatic carbocycles. The first-order chi connectivity index (χ1) is 13.5. The Kier molecular flexibility index (Phi) is 7.04. The summed E-state index contributed by atoms with van der Waals surface area (Å²) >= 11 is 14.3. The van der Waals surface area contributed by atoms with E-state index >= 15 is 0 Å². The molecule has 3 aromatic rings. The number of nitrogens with one attached hydrogen (secondary N) is 1. The molecule has 0 aliphatic heterocycles. The van der Waals surface area contributed by atoms with E-state index in [4.69, 9.17) is 32.7 Å². The van der Waals surface area contributed by atoms with E-state index in [2.05, 4.69) is 27.9 Å². The molecule has 0 heterocycles. The molecule has 0 radical (unpaired) electrons. The van der Waals surface area contributed by atoms with Crippen molar-refractivity contribution < 1.29 is 14.3 Å². The number of methoxy groups -OCH3 is 1. The molecular formula is C21H16Cl2INO3. The molecule has 28 heavy (non-hydrogen) atoms. The Hall–Kier alpha value is -1.96. The molecular weight excluding hydrogens is 512 g/mol. The van der Waals surface area contributed by atoms with E-state index < -0.39 is 0 Å². The topological polar surface area (TPSA) is 47.6 Å². The number of anilines is 1. The molecule has 0 saturated carbocycles. The van der Waals surface area contributed by atoms with Crippen LogP contribution in [0, 0.1) is 3.57 Å². The maximum atomic E-state index is 12.7. The van der Waals surface area contributed by atoms with Gasteiger partial charge >= 0.3 is 0 Å². The summed E-state index contributed by atoms with van der Waals surface area (Å²) in [5.41, 5.74) is 1.88. The molecule has 0 aliphatic rings. The summed E-state index contributed by atoms with van der Waals surface area (Å²) in [6.45, 7) is 0.360. The van der Waals surface area contributed by atoms with Gasteiger partial charge in [0.2, 0.25) is 0 Å². The second-order valence-corrected chi connectivity index (χ2v) is 7.77. The average molecular weight is 528 g/mol. The largest absolute Gasteiger partial charge is 0.492 e. The second-order valence-electron chi connectivity index (χ2n) is 5.82. The van der Waals surface area contributed by atoms with Gasteiger partial charge in [-0.25, -0.2) is 0 Å². The molecule has 3 rings (SSSR count). The van der Waals surface area contributed by atoms with Gasteiger partial charge in [0.1, 0.15) is 6.61 Å². The molecule has 144 valence electrons. The van der Waals surface area contributed by atoms with Crippen LogP contribution in [-0.4, -0.2) is 13.0 Å². The molecule has 0 saturated heterocycles. The van der Waals surface area contributed by atoms with Crippen LogP contribution in [-0.2, 0) is 6.61 Å². The number of ether oxygens (including phenoxy) is 2. The fraction of sp³-hybridized carbons (Fsp3) is 0.0952. The fourth-order valence-corrected chi connectivity index (χ4v) is 3.70. The number of amides is 1. The van der Waals surface area contributed by atoms with Crippen LogP contribution >= 0.6 is 45.8 Å². The zero-order valence-electron chi connectivity index (χ0n) is 14.8. The third-order valence-electron chi connectivity index (χ3n) is 3.91. The van der Waals surface area contributed by atoms with Crippen LogP contribution < -0.4 is 14.8 Å². The van der Waals surface area contributed by atoms with Crippen LogP contribution in [0.3, 0.4) is 0 Å². The van der Waals surface area contributed by atoms with Gasteiger partial charge < -0.3 is 14.8 Å². The predicted octanol–water partition coefficient (Wildman–Crippen LogP) is 6.44. The van der Waals surface area contributed by atoms with Crippen LogP contribution in [0.25, 0.3) is 0 Å². The Labute approximate surface area is 186 Å². The van der Waals surface area contributed by atoms with E-state index in [1.54, 1.807) is 37.4 Å². The second kappa shape index (κ2) is 9.49. The minimum Gasteiger partial charge on any atom is -0.492 e. The van der Waals surface area contributed by atoms with Crippen molar-refractivity contribution in [1.82, 2.24) is 0 Å². The van der Waals surface area contributed by atoms with Crippen molar-refractivity contribution in [1.29, 1.82) is 0 Å². The molecule has 0 spiro atoms. The number of halogens is 3. The molecule has 0 atom stereocenters. The van der Waals surface area contributed by atoms with Gasteiger partial charge in [0.05, 0.1) is 26.4 Å². The number of hydrogen-bond donors (Lipinski definition) is 1. The van der Waals surface area contributed by atoms with E-state index in [1.165, 1.54) is 0 Å². The molecule has 0 fully saturated rings. The van der Waals surface area contributed by atoms with Crippen molar-refractivity contribution >= 4 is 57.4 Å². The minimum atomic E-state index is -0.325.